The Balaban J connectivity index is 1.27. The van der Waals surface area contributed by atoms with Gasteiger partial charge < -0.3 is 29.6 Å². The number of carbonyl (C=O) groups excluding carboxylic acids is 3. The van der Waals surface area contributed by atoms with Crippen LogP contribution in [0.3, 0.4) is 0 Å². The lowest BCUT2D eigenvalue weighted by Crippen LogP contribution is -2.22. The van der Waals surface area contributed by atoms with Crippen LogP contribution in [0.5, 0.6) is 23.0 Å². The highest BCUT2D eigenvalue weighted by atomic mass is 79.9. The number of thiocarbonyl (C=S) groups is 1. The predicted octanol–water partition coefficient (Wildman–Crippen LogP) is 8.28. The van der Waals surface area contributed by atoms with Crippen molar-refractivity contribution in [2.45, 2.75) is 13.8 Å². The van der Waals surface area contributed by atoms with Gasteiger partial charge in [-0.3, -0.25) is 14.4 Å². The van der Waals surface area contributed by atoms with Crippen molar-refractivity contribution < 1.29 is 33.3 Å². The lowest BCUT2D eigenvalue weighted by atomic mass is 10.2. The SMILES string of the molecule is CCOc1cc(/C=N\N2C(=O)/C(=C\c3cc(Br)c(OCC(=O)Nc4ccccc4)c(OCC)c3)SC2=S)cc(Br)c1OCC(=O)Nc1ccccc1. The first-order valence-corrected chi connectivity index (χ1v) is 18.7. The van der Waals surface area contributed by atoms with E-state index in [4.69, 9.17) is 31.2 Å². The molecule has 0 radical (unpaired) electrons. The molecule has 0 bridgehead atoms. The van der Waals surface area contributed by atoms with Gasteiger partial charge in [0.1, 0.15) is 0 Å². The second-order valence-corrected chi connectivity index (χ2v) is 14.1. The average molecular weight is 869 g/mol. The van der Waals surface area contributed by atoms with E-state index in [0.29, 0.717) is 72.6 Å². The Hall–Kier alpha value is -4.70. The molecular formula is C37H32Br2N4O7S2. The molecule has 0 aliphatic carbocycles. The fourth-order valence-corrected chi connectivity index (χ4v) is 7.01. The van der Waals surface area contributed by atoms with Gasteiger partial charge in [-0.1, -0.05) is 48.2 Å². The van der Waals surface area contributed by atoms with E-state index in [1.807, 2.05) is 50.2 Å². The molecule has 52 heavy (non-hydrogen) atoms. The maximum absolute atomic E-state index is 13.4. The van der Waals surface area contributed by atoms with Gasteiger partial charge in [0, 0.05) is 11.4 Å². The normalized spacial score (nSPS) is 13.4. The van der Waals surface area contributed by atoms with Crippen LogP contribution in [0.15, 0.2) is 104 Å². The third-order valence-corrected chi connectivity index (χ3v) is 9.33. The number of para-hydroxylation sites is 2. The van der Waals surface area contributed by atoms with Crippen molar-refractivity contribution in [3.8, 4) is 23.0 Å². The quantitative estimate of drug-likeness (QED) is 0.0690. The molecule has 0 unspecified atom stereocenters. The fraction of sp³-hybridized carbons (Fsp3) is 0.162. The molecule has 0 aromatic heterocycles. The largest absolute Gasteiger partial charge is 0.490 e. The summed E-state index contributed by atoms with van der Waals surface area (Å²) in [6, 6.07) is 25.0. The molecule has 268 valence electrons. The van der Waals surface area contributed by atoms with Crippen LogP contribution in [0, 0.1) is 0 Å². The number of thioether (sulfide) groups is 1. The predicted molar refractivity (Wildman–Crippen MR) is 214 cm³/mol. The zero-order chi connectivity index (χ0) is 37.0. The molecule has 15 heteroatoms. The lowest BCUT2D eigenvalue weighted by Gasteiger charge is -2.15. The van der Waals surface area contributed by atoms with Crippen molar-refractivity contribution in [3.05, 3.63) is 110 Å². The highest BCUT2D eigenvalue weighted by Gasteiger charge is 2.32. The van der Waals surface area contributed by atoms with Crippen LogP contribution in [0.2, 0.25) is 0 Å². The van der Waals surface area contributed by atoms with E-state index in [9.17, 15) is 14.4 Å². The third-order valence-electron chi connectivity index (χ3n) is 6.87. The van der Waals surface area contributed by atoms with Crippen molar-refractivity contribution in [2.75, 3.05) is 37.1 Å². The van der Waals surface area contributed by atoms with Crippen molar-refractivity contribution in [1.29, 1.82) is 0 Å². The first kappa shape index (κ1) is 38.5. The fourth-order valence-electron chi connectivity index (χ4n) is 4.69. The number of carbonyl (C=O) groups is 3. The zero-order valence-electron chi connectivity index (χ0n) is 27.9. The number of amides is 3. The van der Waals surface area contributed by atoms with Gasteiger partial charge in [-0.15, -0.1) is 0 Å². The number of hydrogen-bond donors (Lipinski definition) is 2. The number of ether oxygens (including phenoxy) is 4. The van der Waals surface area contributed by atoms with Gasteiger partial charge >= 0.3 is 0 Å². The van der Waals surface area contributed by atoms with Crippen LogP contribution < -0.4 is 29.6 Å². The second kappa shape index (κ2) is 18.7. The minimum Gasteiger partial charge on any atom is -0.490 e. The number of hydrogen-bond acceptors (Lipinski definition) is 10. The van der Waals surface area contributed by atoms with Crippen LogP contribution in [-0.4, -0.2) is 59.7 Å². The summed E-state index contributed by atoms with van der Waals surface area (Å²) in [7, 11) is 0. The minimum absolute atomic E-state index is 0.242. The molecular weight excluding hydrogens is 836 g/mol. The van der Waals surface area contributed by atoms with Crippen LogP contribution in [0.1, 0.15) is 25.0 Å². The van der Waals surface area contributed by atoms with Crippen molar-refractivity contribution in [3.63, 3.8) is 0 Å². The molecule has 1 aliphatic rings. The second-order valence-electron chi connectivity index (χ2n) is 10.7. The molecule has 11 nitrogen and oxygen atoms in total. The molecule has 1 aliphatic heterocycles. The van der Waals surface area contributed by atoms with E-state index < -0.39 is 5.91 Å². The third kappa shape index (κ3) is 10.4. The highest BCUT2D eigenvalue weighted by Crippen LogP contribution is 2.40. The van der Waals surface area contributed by atoms with E-state index in [1.165, 1.54) is 6.21 Å². The van der Waals surface area contributed by atoms with Crippen molar-refractivity contribution >= 4 is 102 Å². The van der Waals surface area contributed by atoms with E-state index in [2.05, 4.69) is 47.6 Å². The topological polar surface area (TPSA) is 128 Å². The van der Waals surface area contributed by atoms with Crippen LogP contribution in [0.25, 0.3) is 6.08 Å². The number of nitrogens with zero attached hydrogens (tertiary/aromatic N) is 2. The Kier molecular flexibility index (Phi) is 13.8. The Bertz CT molecular complexity index is 2010. The number of halogens is 2. The average Bonchev–Trinajstić information content (AvgIpc) is 3.38. The van der Waals surface area contributed by atoms with Gasteiger partial charge in [0.2, 0.25) is 0 Å². The molecule has 1 heterocycles. The molecule has 5 rings (SSSR count). The van der Waals surface area contributed by atoms with E-state index in [0.717, 1.165) is 16.8 Å². The number of benzene rings is 4. The molecule has 1 saturated heterocycles. The summed E-state index contributed by atoms with van der Waals surface area (Å²) >= 11 is 13.6. The van der Waals surface area contributed by atoms with Gasteiger partial charge in [0.25, 0.3) is 17.7 Å². The molecule has 3 amide bonds. The van der Waals surface area contributed by atoms with Gasteiger partial charge in [-0.2, -0.15) is 10.1 Å². The monoisotopic (exact) mass is 866 g/mol. The Labute approximate surface area is 327 Å². The maximum atomic E-state index is 13.4. The number of rotatable bonds is 15. The molecule has 0 saturated carbocycles. The van der Waals surface area contributed by atoms with E-state index >= 15 is 0 Å². The van der Waals surface area contributed by atoms with Crippen LogP contribution >= 0.6 is 55.8 Å². The Morgan fingerprint density at radius 2 is 1.25 bits per heavy atom. The molecule has 4 aromatic carbocycles. The highest BCUT2D eigenvalue weighted by molar-refractivity contribution is 9.11. The first-order valence-electron chi connectivity index (χ1n) is 15.8. The van der Waals surface area contributed by atoms with Crippen LogP contribution in [-0.2, 0) is 14.4 Å². The smallest absolute Gasteiger partial charge is 0.286 e. The summed E-state index contributed by atoms with van der Waals surface area (Å²) in [6.07, 6.45) is 3.16. The Morgan fingerprint density at radius 3 is 1.75 bits per heavy atom. The summed E-state index contributed by atoms with van der Waals surface area (Å²) in [4.78, 5) is 38.7. The lowest BCUT2D eigenvalue weighted by molar-refractivity contribution is -0.122. The summed E-state index contributed by atoms with van der Waals surface area (Å²) < 4.78 is 24.6. The molecule has 4 aromatic rings. The molecule has 2 N–H and O–H groups in total. The standard InChI is InChI=1S/C37H32Br2N4O7S2/c1-3-47-29-17-23(15-27(38)34(29)49-21-32(44)41-25-11-7-5-8-12-25)19-31-36(46)43(37(51)52-31)40-20-24-16-28(39)35(30(18-24)48-4-2)50-22-33(45)42-26-13-9-6-10-14-26/h5-20H,3-4,21-22H2,1-2H3,(H,41,44)(H,42,45)/b31-19+,40-20-. The number of hydrazone groups is 1. The molecule has 0 atom stereocenters. The zero-order valence-corrected chi connectivity index (χ0v) is 32.7. The molecule has 0 spiro atoms. The van der Waals surface area contributed by atoms with Crippen LogP contribution in [0.4, 0.5) is 11.4 Å². The van der Waals surface area contributed by atoms with E-state index in [-0.39, 0.29) is 29.3 Å². The van der Waals surface area contributed by atoms with Crippen molar-refractivity contribution in [1.82, 2.24) is 5.01 Å². The summed E-state index contributed by atoms with van der Waals surface area (Å²) in [5.41, 5.74) is 2.54. The summed E-state index contributed by atoms with van der Waals surface area (Å²) in [5, 5.41) is 11.1. The Morgan fingerprint density at radius 1 is 0.769 bits per heavy atom. The van der Waals surface area contributed by atoms with Gasteiger partial charge in [-0.25, -0.2) is 0 Å². The number of nitrogens with one attached hydrogen (secondary N) is 2. The van der Waals surface area contributed by atoms with Crippen molar-refractivity contribution in [2.24, 2.45) is 5.10 Å². The maximum Gasteiger partial charge on any atom is 0.286 e. The minimum atomic E-state index is -0.410. The van der Waals surface area contributed by atoms with Gasteiger partial charge in [0.05, 0.1) is 33.3 Å². The van der Waals surface area contributed by atoms with E-state index in [1.54, 1.807) is 54.6 Å². The molecule has 1 fully saturated rings. The van der Waals surface area contributed by atoms with Gasteiger partial charge in [0.15, 0.2) is 40.5 Å². The van der Waals surface area contributed by atoms with Gasteiger partial charge in [-0.05, 0) is 124 Å². The summed E-state index contributed by atoms with van der Waals surface area (Å²) in [5.74, 6) is 0.405. The summed E-state index contributed by atoms with van der Waals surface area (Å²) in [6.45, 7) is 3.86. The first-order chi connectivity index (χ1) is 25.1. The number of anilines is 2.